The van der Waals surface area contributed by atoms with Crippen LogP contribution in [0.3, 0.4) is 0 Å². The van der Waals surface area contributed by atoms with E-state index < -0.39 is 34.9 Å². The molecule has 2 rings (SSSR count). The Labute approximate surface area is 153 Å². The maximum Gasteiger partial charge on any atom is 0.387 e. The van der Waals surface area contributed by atoms with Crippen molar-refractivity contribution in [2.45, 2.75) is 11.5 Å². The lowest BCUT2D eigenvalue weighted by Gasteiger charge is -2.12. The van der Waals surface area contributed by atoms with Crippen molar-refractivity contribution in [3.05, 3.63) is 54.1 Å². The third kappa shape index (κ3) is 5.74. The highest BCUT2D eigenvalue weighted by Gasteiger charge is 2.20. The molecule has 0 heterocycles. The summed E-state index contributed by atoms with van der Waals surface area (Å²) in [5.74, 6) is -2.08. The molecule has 0 aliphatic heterocycles. The minimum Gasteiger partial charge on any atom is -0.452 e. The first-order valence-electron chi connectivity index (χ1n) is 7.48. The van der Waals surface area contributed by atoms with E-state index in [0.717, 1.165) is 6.26 Å². The Hall–Kier alpha value is -3.01. The molecule has 0 fully saturated rings. The predicted molar refractivity (Wildman–Crippen MR) is 91.5 cm³/mol. The van der Waals surface area contributed by atoms with Gasteiger partial charge in [0.1, 0.15) is 5.75 Å². The predicted octanol–water partition coefficient (Wildman–Crippen LogP) is 2.49. The molecule has 0 aliphatic carbocycles. The van der Waals surface area contributed by atoms with Crippen LogP contribution in [0, 0.1) is 0 Å². The highest BCUT2D eigenvalue weighted by atomic mass is 32.2. The second-order valence-corrected chi connectivity index (χ2v) is 7.25. The van der Waals surface area contributed by atoms with E-state index in [1.807, 2.05) is 0 Å². The number of carbonyl (C=O) groups excluding carboxylic acids is 2. The van der Waals surface area contributed by atoms with Crippen LogP contribution in [0.1, 0.15) is 10.4 Å². The van der Waals surface area contributed by atoms with Crippen LogP contribution in [0.25, 0.3) is 0 Å². The number of esters is 1. The minimum absolute atomic E-state index is 0.0321. The lowest BCUT2D eigenvalue weighted by molar-refractivity contribution is -0.119. The van der Waals surface area contributed by atoms with E-state index in [1.54, 1.807) is 0 Å². The number of hydrogen-bond acceptors (Lipinski definition) is 6. The summed E-state index contributed by atoms with van der Waals surface area (Å²) >= 11 is 0. The molecule has 0 atom stereocenters. The van der Waals surface area contributed by atoms with Gasteiger partial charge >= 0.3 is 12.6 Å². The zero-order valence-electron chi connectivity index (χ0n) is 14.0. The molecule has 0 saturated heterocycles. The summed E-state index contributed by atoms with van der Waals surface area (Å²) in [6, 6.07) is 10.9. The van der Waals surface area contributed by atoms with Crippen molar-refractivity contribution >= 4 is 27.4 Å². The van der Waals surface area contributed by atoms with Crippen LogP contribution in [0.4, 0.5) is 14.5 Å². The molecule has 10 heteroatoms. The van der Waals surface area contributed by atoms with E-state index in [9.17, 15) is 26.8 Å². The number of hydrogen-bond donors (Lipinski definition) is 1. The molecular weight excluding hydrogens is 384 g/mol. The summed E-state index contributed by atoms with van der Waals surface area (Å²) in [4.78, 5) is 23.8. The molecule has 1 amide bonds. The molecule has 0 bridgehead atoms. The van der Waals surface area contributed by atoms with E-state index in [1.165, 1.54) is 48.5 Å². The Morgan fingerprint density at radius 1 is 1.07 bits per heavy atom. The first-order valence-corrected chi connectivity index (χ1v) is 9.37. The van der Waals surface area contributed by atoms with Crippen LogP contribution in [-0.4, -0.2) is 39.8 Å². The van der Waals surface area contributed by atoms with E-state index in [-0.39, 0.29) is 21.9 Å². The van der Waals surface area contributed by atoms with Crippen molar-refractivity contribution < 1.29 is 36.3 Å². The van der Waals surface area contributed by atoms with Crippen LogP contribution in [0.5, 0.6) is 5.75 Å². The molecule has 0 saturated carbocycles. The molecule has 7 nitrogen and oxygen atoms in total. The van der Waals surface area contributed by atoms with Crippen LogP contribution in [0.15, 0.2) is 53.4 Å². The quantitative estimate of drug-likeness (QED) is 0.719. The number of ether oxygens (including phenoxy) is 2. The van der Waals surface area contributed by atoms with Gasteiger partial charge in [0.05, 0.1) is 16.1 Å². The van der Waals surface area contributed by atoms with Crippen molar-refractivity contribution in [2.24, 2.45) is 0 Å². The van der Waals surface area contributed by atoms with E-state index >= 15 is 0 Å². The Kier molecular flexibility index (Phi) is 6.45. The zero-order valence-corrected chi connectivity index (χ0v) is 14.8. The van der Waals surface area contributed by atoms with Gasteiger partial charge in [-0.25, -0.2) is 13.2 Å². The summed E-state index contributed by atoms with van der Waals surface area (Å²) in [5.41, 5.74) is -0.246. The van der Waals surface area contributed by atoms with Gasteiger partial charge in [-0.2, -0.15) is 8.78 Å². The largest absolute Gasteiger partial charge is 0.452 e. The van der Waals surface area contributed by atoms with Crippen molar-refractivity contribution in [1.82, 2.24) is 0 Å². The molecule has 0 aromatic heterocycles. The molecule has 0 unspecified atom stereocenters. The van der Waals surface area contributed by atoms with Crippen LogP contribution in [-0.2, 0) is 19.4 Å². The normalized spacial score (nSPS) is 11.1. The van der Waals surface area contributed by atoms with Crippen LogP contribution < -0.4 is 10.1 Å². The average Bonchev–Trinajstić information content (AvgIpc) is 2.60. The number of anilines is 1. The number of sulfone groups is 1. The first kappa shape index (κ1) is 20.3. The molecular formula is C17H15F2NO6S. The van der Waals surface area contributed by atoms with Crippen molar-refractivity contribution in [2.75, 3.05) is 18.2 Å². The van der Waals surface area contributed by atoms with Gasteiger partial charge in [0, 0.05) is 6.26 Å². The Bertz CT molecular complexity index is 946. The smallest absolute Gasteiger partial charge is 0.387 e. The number of amides is 1. The first-order chi connectivity index (χ1) is 12.7. The zero-order chi connectivity index (χ0) is 20.0. The number of rotatable bonds is 7. The van der Waals surface area contributed by atoms with E-state index in [0.29, 0.717) is 0 Å². The van der Waals surface area contributed by atoms with Gasteiger partial charge in [0.2, 0.25) is 0 Å². The SMILES string of the molecule is CS(=O)(=O)c1ccccc1C(=O)OCC(=O)Nc1ccccc1OC(F)F. The number of para-hydroxylation sites is 2. The maximum absolute atomic E-state index is 12.4. The lowest BCUT2D eigenvalue weighted by Crippen LogP contribution is -2.22. The summed E-state index contributed by atoms with van der Waals surface area (Å²) < 4.78 is 57.2. The van der Waals surface area contributed by atoms with Gasteiger partial charge < -0.3 is 14.8 Å². The molecule has 27 heavy (non-hydrogen) atoms. The highest BCUT2D eigenvalue weighted by Crippen LogP contribution is 2.25. The van der Waals surface area contributed by atoms with Crippen LogP contribution in [0.2, 0.25) is 0 Å². The molecule has 1 N–H and O–H groups in total. The maximum atomic E-state index is 12.4. The number of carbonyl (C=O) groups is 2. The monoisotopic (exact) mass is 399 g/mol. The highest BCUT2D eigenvalue weighted by molar-refractivity contribution is 7.90. The third-order valence-corrected chi connectivity index (χ3v) is 4.37. The fourth-order valence-corrected chi connectivity index (χ4v) is 3.00. The number of alkyl halides is 2. The second kappa shape index (κ2) is 8.58. The average molecular weight is 399 g/mol. The molecule has 0 radical (unpaired) electrons. The van der Waals surface area contributed by atoms with Gasteiger partial charge in [-0.1, -0.05) is 24.3 Å². The number of halogens is 2. The molecule has 0 aliphatic rings. The van der Waals surface area contributed by atoms with Gasteiger partial charge in [-0.15, -0.1) is 0 Å². The van der Waals surface area contributed by atoms with Gasteiger partial charge in [0.25, 0.3) is 5.91 Å². The Morgan fingerprint density at radius 2 is 1.70 bits per heavy atom. The second-order valence-electron chi connectivity index (χ2n) is 5.27. The minimum atomic E-state index is -3.67. The summed E-state index contributed by atoms with van der Waals surface area (Å²) in [7, 11) is -3.67. The fourth-order valence-electron chi connectivity index (χ4n) is 2.12. The molecule has 0 spiro atoms. The van der Waals surface area contributed by atoms with Gasteiger partial charge in [-0.05, 0) is 24.3 Å². The van der Waals surface area contributed by atoms with Gasteiger partial charge in [0.15, 0.2) is 16.4 Å². The Morgan fingerprint density at radius 3 is 2.37 bits per heavy atom. The summed E-state index contributed by atoms with van der Waals surface area (Å²) in [6.45, 7) is -3.83. The third-order valence-electron chi connectivity index (χ3n) is 3.22. The lowest BCUT2D eigenvalue weighted by atomic mass is 10.2. The summed E-state index contributed by atoms with van der Waals surface area (Å²) in [5, 5.41) is 2.27. The van der Waals surface area contributed by atoms with Crippen molar-refractivity contribution in [3.8, 4) is 5.75 Å². The number of nitrogens with one attached hydrogen (secondary N) is 1. The standard InChI is InChI=1S/C17H15F2NO6S/c1-27(23,24)14-9-5-2-6-11(14)16(22)25-10-15(21)20-12-7-3-4-8-13(12)26-17(18)19/h2-9,17H,10H2,1H3,(H,20,21). The van der Waals surface area contributed by atoms with Crippen molar-refractivity contribution in [1.29, 1.82) is 0 Å². The molecule has 2 aromatic carbocycles. The van der Waals surface area contributed by atoms with Gasteiger partial charge in [-0.3, -0.25) is 4.79 Å². The van der Waals surface area contributed by atoms with Crippen molar-refractivity contribution in [3.63, 3.8) is 0 Å². The van der Waals surface area contributed by atoms with E-state index in [4.69, 9.17) is 4.74 Å². The van der Waals surface area contributed by atoms with E-state index in [2.05, 4.69) is 10.1 Å². The molecule has 144 valence electrons. The fraction of sp³-hybridized carbons (Fsp3) is 0.176. The Balaban J connectivity index is 2.04. The molecule has 2 aromatic rings. The van der Waals surface area contributed by atoms with Crippen LogP contribution >= 0.6 is 0 Å². The number of benzene rings is 2. The summed E-state index contributed by atoms with van der Waals surface area (Å²) in [6.07, 6.45) is 0.936. The topological polar surface area (TPSA) is 98.8 Å².